The van der Waals surface area contributed by atoms with Crippen LogP contribution in [0.2, 0.25) is 5.02 Å². The number of aryl methyl sites for hydroxylation is 1. The molecule has 11 heteroatoms. The van der Waals surface area contributed by atoms with Gasteiger partial charge in [-0.05, 0) is 31.2 Å². The van der Waals surface area contributed by atoms with E-state index in [2.05, 4.69) is 5.10 Å². The number of nitrogens with zero attached hydrogens (tertiary/aromatic N) is 4. The molecule has 0 fully saturated rings. The maximum atomic E-state index is 12.9. The van der Waals surface area contributed by atoms with Crippen LogP contribution in [0, 0.1) is 6.92 Å². The number of amides is 2. The fourth-order valence-corrected chi connectivity index (χ4v) is 2.54. The van der Waals surface area contributed by atoms with Crippen LogP contribution < -0.4 is 5.43 Å². The molecule has 0 unspecified atom stereocenters. The van der Waals surface area contributed by atoms with Crippen LogP contribution in [-0.2, 0) is 4.79 Å². The Bertz CT molecular complexity index is 972. The van der Waals surface area contributed by atoms with Crippen LogP contribution in [0.5, 0.6) is 0 Å². The summed E-state index contributed by atoms with van der Waals surface area (Å²) in [6.07, 6.45) is -4.76. The number of aromatic nitrogens is 2. The fraction of sp³-hybridized carbons (Fsp3) is 0.333. The van der Waals surface area contributed by atoms with Crippen molar-refractivity contribution in [2.75, 3.05) is 27.2 Å². The van der Waals surface area contributed by atoms with Crippen molar-refractivity contribution in [3.63, 3.8) is 0 Å². The molecule has 0 aliphatic carbocycles. The molecular weight excluding hydrogens is 413 g/mol. The molecular formula is C18H18ClF3N4O3. The largest absolute Gasteiger partial charge is 0.406 e. The van der Waals surface area contributed by atoms with Crippen LogP contribution >= 0.6 is 11.6 Å². The molecule has 0 bridgehead atoms. The number of hydrogen-bond donors (Lipinski definition) is 0. The van der Waals surface area contributed by atoms with Gasteiger partial charge in [0.1, 0.15) is 13.1 Å². The molecule has 0 N–H and O–H groups in total. The summed E-state index contributed by atoms with van der Waals surface area (Å²) in [5.41, 5.74) is -0.753. The summed E-state index contributed by atoms with van der Waals surface area (Å²) in [5, 5.41) is 4.40. The Morgan fingerprint density at radius 2 is 1.76 bits per heavy atom. The Hall–Kier alpha value is -2.88. The molecule has 156 valence electrons. The number of carbonyl (C=O) groups excluding carboxylic acids is 2. The highest BCUT2D eigenvalue weighted by atomic mass is 35.5. The molecule has 7 nitrogen and oxygen atoms in total. The molecule has 1 aromatic carbocycles. The lowest BCUT2D eigenvalue weighted by molar-refractivity contribution is -0.146. The van der Waals surface area contributed by atoms with Crippen molar-refractivity contribution in [2.45, 2.75) is 13.1 Å². The van der Waals surface area contributed by atoms with E-state index in [-0.39, 0.29) is 4.90 Å². The standard InChI is InChI=1S/C18H18ClF3N4O3/c1-11-8-14(27)16(23-26(11)13-6-4-12(19)5-7-13)17(29)25(10-18(20,21)22)9-15(28)24(2)3/h4-8H,9-10H2,1-3H3. The van der Waals surface area contributed by atoms with Gasteiger partial charge < -0.3 is 9.80 Å². The smallest absolute Gasteiger partial charge is 0.347 e. The monoisotopic (exact) mass is 430 g/mol. The van der Waals surface area contributed by atoms with Gasteiger partial charge in [0.15, 0.2) is 5.69 Å². The highest BCUT2D eigenvalue weighted by Gasteiger charge is 2.36. The van der Waals surface area contributed by atoms with Crippen molar-refractivity contribution in [3.05, 3.63) is 57.0 Å². The minimum Gasteiger partial charge on any atom is -0.347 e. The first-order valence-electron chi connectivity index (χ1n) is 8.32. The summed E-state index contributed by atoms with van der Waals surface area (Å²) in [5.74, 6) is -2.02. The van der Waals surface area contributed by atoms with Gasteiger partial charge in [0, 0.05) is 30.9 Å². The van der Waals surface area contributed by atoms with Crippen LogP contribution in [0.1, 0.15) is 16.2 Å². The highest BCUT2D eigenvalue weighted by molar-refractivity contribution is 6.30. The van der Waals surface area contributed by atoms with Crippen LogP contribution in [0.25, 0.3) is 5.69 Å². The van der Waals surface area contributed by atoms with Gasteiger partial charge in [-0.25, -0.2) is 4.68 Å². The van der Waals surface area contributed by atoms with Crippen LogP contribution in [0.4, 0.5) is 13.2 Å². The molecule has 29 heavy (non-hydrogen) atoms. The molecule has 0 aliphatic rings. The van der Waals surface area contributed by atoms with Crippen molar-refractivity contribution in [1.29, 1.82) is 0 Å². The molecule has 2 rings (SSSR count). The predicted octanol–water partition coefficient (Wildman–Crippen LogP) is 2.29. The predicted molar refractivity (Wildman–Crippen MR) is 100 cm³/mol. The number of rotatable bonds is 5. The van der Waals surface area contributed by atoms with E-state index in [1.54, 1.807) is 31.2 Å². The highest BCUT2D eigenvalue weighted by Crippen LogP contribution is 2.18. The average molecular weight is 431 g/mol. The Morgan fingerprint density at radius 1 is 1.17 bits per heavy atom. The number of hydrogen-bond acceptors (Lipinski definition) is 4. The van der Waals surface area contributed by atoms with E-state index >= 15 is 0 Å². The molecule has 1 aromatic heterocycles. The van der Waals surface area contributed by atoms with E-state index in [4.69, 9.17) is 11.6 Å². The van der Waals surface area contributed by atoms with E-state index in [1.165, 1.54) is 18.8 Å². The van der Waals surface area contributed by atoms with E-state index in [0.717, 1.165) is 11.0 Å². The fourth-order valence-electron chi connectivity index (χ4n) is 2.41. The number of halogens is 4. The summed E-state index contributed by atoms with van der Waals surface area (Å²) < 4.78 is 40.1. The van der Waals surface area contributed by atoms with Gasteiger partial charge in [-0.1, -0.05) is 11.6 Å². The van der Waals surface area contributed by atoms with Crippen molar-refractivity contribution < 1.29 is 22.8 Å². The molecule has 0 aliphatic heterocycles. The Balaban J connectivity index is 2.49. The third kappa shape index (κ3) is 5.80. The molecule has 2 amide bonds. The molecule has 0 saturated heterocycles. The maximum absolute atomic E-state index is 12.9. The van der Waals surface area contributed by atoms with Gasteiger partial charge >= 0.3 is 6.18 Å². The van der Waals surface area contributed by atoms with Crippen molar-refractivity contribution in [1.82, 2.24) is 19.6 Å². The van der Waals surface area contributed by atoms with Crippen molar-refractivity contribution in [3.8, 4) is 5.69 Å². The van der Waals surface area contributed by atoms with Crippen molar-refractivity contribution >= 4 is 23.4 Å². The lowest BCUT2D eigenvalue weighted by Gasteiger charge is -2.24. The minimum atomic E-state index is -4.76. The summed E-state index contributed by atoms with van der Waals surface area (Å²) in [6.45, 7) is -0.983. The Labute approximate surface area is 169 Å². The third-order valence-electron chi connectivity index (χ3n) is 3.86. The van der Waals surface area contributed by atoms with Gasteiger partial charge in [-0.3, -0.25) is 14.4 Å². The summed E-state index contributed by atoms with van der Waals surface area (Å²) >= 11 is 5.84. The van der Waals surface area contributed by atoms with E-state index in [0.29, 0.717) is 16.4 Å². The second kappa shape index (κ2) is 8.64. The Morgan fingerprint density at radius 3 is 2.28 bits per heavy atom. The van der Waals surface area contributed by atoms with Crippen LogP contribution in [0.3, 0.4) is 0 Å². The van der Waals surface area contributed by atoms with Gasteiger partial charge in [-0.2, -0.15) is 18.3 Å². The summed E-state index contributed by atoms with van der Waals surface area (Å²) in [4.78, 5) is 38.2. The van der Waals surface area contributed by atoms with Gasteiger partial charge in [0.2, 0.25) is 11.3 Å². The average Bonchev–Trinajstić information content (AvgIpc) is 2.60. The maximum Gasteiger partial charge on any atom is 0.406 e. The summed E-state index contributed by atoms with van der Waals surface area (Å²) in [7, 11) is 2.69. The number of carbonyl (C=O) groups is 2. The number of benzene rings is 1. The number of alkyl halides is 3. The van der Waals surface area contributed by atoms with Crippen LogP contribution in [-0.4, -0.2) is 64.8 Å². The van der Waals surface area contributed by atoms with Gasteiger partial charge in [0.25, 0.3) is 5.91 Å². The zero-order chi connectivity index (χ0) is 21.9. The molecule has 2 aromatic rings. The molecule has 1 heterocycles. The first-order chi connectivity index (χ1) is 13.4. The minimum absolute atomic E-state index is 0.258. The molecule has 0 saturated carbocycles. The zero-order valence-electron chi connectivity index (χ0n) is 15.8. The molecule has 0 radical (unpaired) electrons. The lowest BCUT2D eigenvalue weighted by Crippen LogP contribution is -2.46. The van der Waals surface area contributed by atoms with E-state index < -0.39 is 42.2 Å². The van der Waals surface area contributed by atoms with Crippen molar-refractivity contribution in [2.24, 2.45) is 0 Å². The van der Waals surface area contributed by atoms with Crippen LogP contribution in [0.15, 0.2) is 35.1 Å². The first-order valence-corrected chi connectivity index (χ1v) is 8.70. The molecule has 0 spiro atoms. The lowest BCUT2D eigenvalue weighted by atomic mass is 10.2. The van der Waals surface area contributed by atoms with Gasteiger partial charge in [0.05, 0.1) is 5.69 Å². The zero-order valence-corrected chi connectivity index (χ0v) is 16.6. The molecule has 0 atom stereocenters. The topological polar surface area (TPSA) is 75.5 Å². The summed E-state index contributed by atoms with van der Waals surface area (Å²) in [6, 6.07) is 7.36. The SMILES string of the molecule is Cc1cc(=O)c(C(=O)N(CC(=O)N(C)C)CC(F)(F)F)nn1-c1ccc(Cl)cc1. The third-order valence-corrected chi connectivity index (χ3v) is 4.12. The number of likely N-dealkylation sites (N-methyl/N-ethyl adjacent to an activating group) is 1. The Kier molecular flexibility index (Phi) is 6.68. The van der Waals surface area contributed by atoms with E-state index in [1.807, 2.05) is 0 Å². The second-order valence-corrected chi connectivity index (χ2v) is 6.89. The van der Waals surface area contributed by atoms with E-state index in [9.17, 15) is 27.6 Å². The first kappa shape index (κ1) is 22.4. The second-order valence-electron chi connectivity index (χ2n) is 6.45. The quantitative estimate of drug-likeness (QED) is 0.729. The van der Waals surface area contributed by atoms with Gasteiger partial charge in [-0.15, -0.1) is 0 Å². The normalized spacial score (nSPS) is 11.3.